The number of nitrogens with one attached hydrogen (secondary N) is 1. The minimum Gasteiger partial charge on any atom is -0.497 e. The van der Waals surface area contributed by atoms with Crippen molar-refractivity contribution in [3.05, 3.63) is 88.4 Å². The smallest absolute Gasteiger partial charge is 0.258 e. The van der Waals surface area contributed by atoms with Gasteiger partial charge in [0.15, 0.2) is 0 Å². The molecule has 3 aromatic carbocycles. The summed E-state index contributed by atoms with van der Waals surface area (Å²) in [5.41, 5.74) is 3.27. The van der Waals surface area contributed by atoms with Crippen LogP contribution in [0.15, 0.2) is 71.6 Å². The summed E-state index contributed by atoms with van der Waals surface area (Å²) in [5.74, 6) is 0.513. The number of anilines is 1. The second-order valence-electron chi connectivity index (χ2n) is 7.18. The minimum atomic E-state index is -3.64. The first-order valence-electron chi connectivity index (χ1n) is 9.70. The molecule has 0 saturated heterocycles. The van der Waals surface area contributed by atoms with Gasteiger partial charge in [0, 0.05) is 29.4 Å². The van der Waals surface area contributed by atoms with Crippen LogP contribution in [0.2, 0.25) is 5.02 Å². The van der Waals surface area contributed by atoms with Gasteiger partial charge in [-0.25, -0.2) is 13.1 Å². The van der Waals surface area contributed by atoms with Gasteiger partial charge in [0.1, 0.15) is 5.75 Å². The van der Waals surface area contributed by atoms with Gasteiger partial charge < -0.3 is 9.64 Å². The van der Waals surface area contributed by atoms with Crippen LogP contribution in [-0.2, 0) is 23.0 Å². The number of benzene rings is 3. The molecule has 3 aromatic rings. The number of carbonyl (C=O) groups excluding carboxylic acids is 1. The van der Waals surface area contributed by atoms with Gasteiger partial charge in [0.25, 0.3) is 5.91 Å². The number of fused-ring (bicyclic) bond motifs is 1. The first-order valence-corrected chi connectivity index (χ1v) is 11.6. The molecule has 160 valence electrons. The summed E-state index contributed by atoms with van der Waals surface area (Å²) in [6, 6.07) is 18.7. The number of ether oxygens (including phenoxy) is 1. The van der Waals surface area contributed by atoms with Crippen LogP contribution in [0, 0.1) is 0 Å². The Morgan fingerprint density at radius 2 is 1.77 bits per heavy atom. The number of halogens is 1. The topological polar surface area (TPSA) is 75.7 Å². The summed E-state index contributed by atoms with van der Waals surface area (Å²) < 4.78 is 32.8. The molecular formula is C23H21ClN2O4S. The molecule has 0 aliphatic carbocycles. The molecule has 31 heavy (non-hydrogen) atoms. The van der Waals surface area contributed by atoms with Crippen molar-refractivity contribution < 1.29 is 17.9 Å². The lowest BCUT2D eigenvalue weighted by Gasteiger charge is -2.18. The third-order valence-corrected chi connectivity index (χ3v) is 6.88. The molecule has 1 heterocycles. The fraction of sp³-hybridized carbons (Fsp3) is 0.174. The minimum absolute atomic E-state index is 0.0802. The predicted molar refractivity (Wildman–Crippen MR) is 120 cm³/mol. The van der Waals surface area contributed by atoms with Crippen molar-refractivity contribution in [1.82, 2.24) is 4.72 Å². The van der Waals surface area contributed by atoms with Crippen LogP contribution >= 0.6 is 11.6 Å². The fourth-order valence-corrected chi connectivity index (χ4v) is 4.68. The Morgan fingerprint density at radius 1 is 1.06 bits per heavy atom. The summed E-state index contributed by atoms with van der Waals surface area (Å²) in [6.07, 6.45) is 0.716. The van der Waals surface area contributed by atoms with Gasteiger partial charge in [-0.1, -0.05) is 23.7 Å². The first-order chi connectivity index (χ1) is 14.9. The van der Waals surface area contributed by atoms with Crippen molar-refractivity contribution in [3.8, 4) is 5.75 Å². The Hall–Kier alpha value is -2.87. The zero-order chi connectivity index (χ0) is 22.0. The summed E-state index contributed by atoms with van der Waals surface area (Å²) in [4.78, 5) is 14.8. The molecule has 0 bridgehead atoms. The van der Waals surface area contributed by atoms with E-state index in [2.05, 4.69) is 4.72 Å². The van der Waals surface area contributed by atoms with E-state index in [-0.39, 0.29) is 17.3 Å². The molecule has 1 aliphatic rings. The van der Waals surface area contributed by atoms with Crippen LogP contribution in [0.3, 0.4) is 0 Å². The Bertz CT molecular complexity index is 1210. The largest absolute Gasteiger partial charge is 0.497 e. The number of carbonyl (C=O) groups is 1. The molecule has 4 rings (SSSR count). The molecule has 8 heteroatoms. The Balaban J connectivity index is 1.46. The van der Waals surface area contributed by atoms with Crippen molar-refractivity contribution in [2.24, 2.45) is 0 Å². The maximum atomic E-state index is 12.8. The van der Waals surface area contributed by atoms with E-state index in [9.17, 15) is 13.2 Å². The van der Waals surface area contributed by atoms with E-state index in [1.165, 1.54) is 19.2 Å². The van der Waals surface area contributed by atoms with Crippen LogP contribution in [-0.4, -0.2) is 28.0 Å². The zero-order valence-corrected chi connectivity index (χ0v) is 18.4. The van der Waals surface area contributed by atoms with E-state index in [1.807, 2.05) is 18.2 Å². The quantitative estimate of drug-likeness (QED) is 0.607. The molecule has 0 spiro atoms. The lowest BCUT2D eigenvalue weighted by Crippen LogP contribution is -2.28. The van der Waals surface area contributed by atoms with Gasteiger partial charge in [-0.05, 0) is 72.1 Å². The average molecular weight is 457 g/mol. The molecule has 0 radical (unpaired) electrons. The lowest BCUT2D eigenvalue weighted by atomic mass is 10.1. The predicted octanol–water partition coefficient (Wildman–Crippen LogP) is 4.03. The first kappa shape index (κ1) is 21.4. The third kappa shape index (κ3) is 4.58. The maximum Gasteiger partial charge on any atom is 0.258 e. The second kappa shape index (κ2) is 8.70. The van der Waals surface area contributed by atoms with Gasteiger partial charge in [-0.15, -0.1) is 0 Å². The van der Waals surface area contributed by atoms with Crippen molar-refractivity contribution >= 4 is 33.2 Å². The van der Waals surface area contributed by atoms with Crippen molar-refractivity contribution in [3.63, 3.8) is 0 Å². The van der Waals surface area contributed by atoms with E-state index < -0.39 is 10.0 Å². The summed E-state index contributed by atoms with van der Waals surface area (Å²) in [6.45, 7) is 0.741. The summed E-state index contributed by atoms with van der Waals surface area (Å²) in [5, 5.41) is 0.583. The van der Waals surface area contributed by atoms with Gasteiger partial charge in [0.2, 0.25) is 10.0 Å². The number of rotatable bonds is 6. The average Bonchev–Trinajstić information content (AvgIpc) is 3.21. The number of sulfonamides is 1. The van der Waals surface area contributed by atoms with Crippen molar-refractivity contribution in [2.45, 2.75) is 17.9 Å². The molecule has 0 aromatic heterocycles. The monoisotopic (exact) mass is 456 g/mol. The lowest BCUT2D eigenvalue weighted by molar-refractivity contribution is 0.0989. The Morgan fingerprint density at radius 3 is 2.45 bits per heavy atom. The maximum absolute atomic E-state index is 12.8. The van der Waals surface area contributed by atoms with Crippen LogP contribution in [0.25, 0.3) is 0 Å². The van der Waals surface area contributed by atoms with E-state index >= 15 is 0 Å². The molecule has 0 atom stereocenters. The van der Waals surface area contributed by atoms with E-state index in [1.54, 1.807) is 41.3 Å². The standard InChI is InChI=1S/C23H21ClN2O4S/c1-30-20-7-9-21(10-8-20)31(28,29)25-15-16-2-11-22-18(14-16)12-13-26(22)23(27)17-3-5-19(24)6-4-17/h2-11,14,25H,12-13,15H2,1H3. The van der Waals surface area contributed by atoms with Gasteiger partial charge in [-0.2, -0.15) is 0 Å². The third-order valence-electron chi connectivity index (χ3n) is 5.21. The van der Waals surface area contributed by atoms with Crippen molar-refractivity contribution in [2.75, 3.05) is 18.6 Å². The van der Waals surface area contributed by atoms with Crippen LogP contribution in [0.5, 0.6) is 5.75 Å². The fourth-order valence-electron chi connectivity index (χ4n) is 3.54. The Kier molecular flexibility index (Phi) is 6.00. The number of hydrogen-bond donors (Lipinski definition) is 1. The molecule has 0 unspecified atom stereocenters. The highest BCUT2D eigenvalue weighted by molar-refractivity contribution is 7.89. The SMILES string of the molecule is COc1ccc(S(=O)(=O)NCc2ccc3c(c2)CCN3C(=O)c2ccc(Cl)cc2)cc1. The zero-order valence-electron chi connectivity index (χ0n) is 16.8. The van der Waals surface area contributed by atoms with Crippen LogP contribution < -0.4 is 14.4 Å². The molecule has 6 nitrogen and oxygen atoms in total. The number of amides is 1. The highest BCUT2D eigenvalue weighted by atomic mass is 35.5. The highest BCUT2D eigenvalue weighted by Crippen LogP contribution is 2.30. The summed E-state index contributed by atoms with van der Waals surface area (Å²) in [7, 11) is -2.11. The Labute approximate surface area is 186 Å². The molecule has 1 amide bonds. The van der Waals surface area contributed by atoms with Gasteiger partial charge in [-0.3, -0.25) is 4.79 Å². The molecule has 0 fully saturated rings. The van der Waals surface area contributed by atoms with Gasteiger partial charge in [0.05, 0.1) is 12.0 Å². The molecule has 0 saturated carbocycles. The molecule has 1 aliphatic heterocycles. The van der Waals surface area contributed by atoms with Crippen LogP contribution in [0.1, 0.15) is 21.5 Å². The van der Waals surface area contributed by atoms with Gasteiger partial charge >= 0.3 is 0 Å². The number of hydrogen-bond acceptors (Lipinski definition) is 4. The molecule has 1 N–H and O–H groups in total. The normalized spacial score (nSPS) is 13.2. The number of nitrogens with zero attached hydrogens (tertiary/aromatic N) is 1. The second-order valence-corrected chi connectivity index (χ2v) is 9.38. The van der Waals surface area contributed by atoms with E-state index in [4.69, 9.17) is 16.3 Å². The summed E-state index contributed by atoms with van der Waals surface area (Å²) >= 11 is 5.91. The van der Waals surface area contributed by atoms with E-state index in [0.29, 0.717) is 29.3 Å². The van der Waals surface area contributed by atoms with Crippen molar-refractivity contribution in [1.29, 1.82) is 0 Å². The number of methoxy groups -OCH3 is 1. The highest BCUT2D eigenvalue weighted by Gasteiger charge is 2.26. The van der Waals surface area contributed by atoms with Crippen LogP contribution in [0.4, 0.5) is 5.69 Å². The van der Waals surface area contributed by atoms with E-state index in [0.717, 1.165) is 16.8 Å². The molecular weight excluding hydrogens is 436 g/mol.